The molecule has 1 aromatic rings. The van der Waals surface area contributed by atoms with E-state index in [9.17, 15) is 30.0 Å². The topological polar surface area (TPSA) is 134 Å². The highest BCUT2D eigenvalue weighted by molar-refractivity contribution is 6.28. The summed E-state index contributed by atoms with van der Waals surface area (Å²) in [6, 6.07) is 0. The number of aromatic hydroxyl groups is 3. The van der Waals surface area contributed by atoms with Gasteiger partial charge < -0.3 is 29.9 Å². The number of fused-ring (bicyclic) bond motifs is 1. The first-order chi connectivity index (χ1) is 10.3. The molecule has 0 bridgehead atoms. The Morgan fingerprint density at radius 1 is 0.818 bits per heavy atom. The lowest BCUT2D eigenvalue weighted by Gasteiger charge is -2.23. The van der Waals surface area contributed by atoms with Gasteiger partial charge in [0.15, 0.2) is 11.5 Å². The minimum absolute atomic E-state index is 0.447. The van der Waals surface area contributed by atoms with E-state index in [0.717, 1.165) is 14.2 Å². The third-order valence-corrected chi connectivity index (χ3v) is 3.36. The number of allylic oxidation sites excluding steroid dienone is 2. The van der Waals surface area contributed by atoms with Gasteiger partial charge in [0, 0.05) is 0 Å². The Hall–Kier alpha value is -2.74. The highest BCUT2D eigenvalue weighted by atomic mass is 16.5. The number of carbonyl (C=O) groups excluding carboxylic acids is 2. The normalized spacial score (nSPS) is 15.6. The summed E-state index contributed by atoms with van der Waals surface area (Å²) in [5, 5.41) is 39.6. The van der Waals surface area contributed by atoms with Gasteiger partial charge >= 0.3 is 0 Å². The number of ketones is 2. The number of hydrogen-bond donors (Lipinski definition) is 4. The lowest BCUT2D eigenvalue weighted by molar-refractivity contribution is 0.0822. The highest BCUT2D eigenvalue weighted by Gasteiger charge is 2.41. The van der Waals surface area contributed by atoms with Gasteiger partial charge in [0.05, 0.1) is 37.0 Å². The number of phenols is 3. The Kier molecular flexibility index (Phi) is 3.72. The quantitative estimate of drug-likeness (QED) is 0.474. The second kappa shape index (κ2) is 5.23. The van der Waals surface area contributed by atoms with Crippen molar-refractivity contribution in [3.05, 3.63) is 28.2 Å². The molecule has 1 unspecified atom stereocenters. The number of carbonyl (C=O) groups is 2. The zero-order valence-electron chi connectivity index (χ0n) is 12.0. The van der Waals surface area contributed by atoms with E-state index < -0.39 is 63.1 Å². The number of Topliss-reactive ketones (excluding diaryl/α,β-unsaturated/α-hetero) is 2. The minimum Gasteiger partial charge on any atom is -0.507 e. The van der Waals surface area contributed by atoms with Gasteiger partial charge in [0.2, 0.25) is 23.1 Å². The average Bonchev–Trinajstić information content (AvgIpc) is 2.45. The van der Waals surface area contributed by atoms with Gasteiger partial charge in [-0.15, -0.1) is 0 Å². The van der Waals surface area contributed by atoms with Crippen LogP contribution in [0.2, 0.25) is 0 Å². The molecule has 0 saturated heterocycles. The molecule has 1 aromatic carbocycles. The monoisotopic (exact) mass is 310 g/mol. The number of rotatable bonds is 3. The SMILES string of the molecule is COC1=C(OC)C(=O)c2c(O)c(C(C)O)c(O)c(O)c2C1=O. The van der Waals surface area contributed by atoms with Gasteiger partial charge in [0.1, 0.15) is 5.75 Å². The maximum absolute atomic E-state index is 12.4. The third-order valence-electron chi connectivity index (χ3n) is 3.36. The van der Waals surface area contributed by atoms with Crippen LogP contribution in [0, 0.1) is 0 Å². The van der Waals surface area contributed by atoms with Crippen LogP contribution in [0.3, 0.4) is 0 Å². The van der Waals surface area contributed by atoms with E-state index in [1.165, 1.54) is 6.92 Å². The number of aliphatic hydroxyl groups is 1. The Balaban J connectivity index is 2.92. The van der Waals surface area contributed by atoms with Crippen molar-refractivity contribution in [3.8, 4) is 17.2 Å². The number of methoxy groups -OCH3 is 2. The van der Waals surface area contributed by atoms with E-state index in [0.29, 0.717) is 0 Å². The molecule has 1 atom stereocenters. The summed E-state index contributed by atoms with van der Waals surface area (Å²) >= 11 is 0. The zero-order chi connectivity index (χ0) is 16.8. The van der Waals surface area contributed by atoms with Gasteiger partial charge in [-0.25, -0.2) is 0 Å². The largest absolute Gasteiger partial charge is 0.507 e. The molecule has 0 radical (unpaired) electrons. The summed E-state index contributed by atoms with van der Waals surface area (Å²) in [6.07, 6.45) is -1.39. The maximum Gasteiger partial charge on any atom is 0.236 e. The minimum atomic E-state index is -1.39. The first-order valence-electron chi connectivity index (χ1n) is 6.18. The van der Waals surface area contributed by atoms with E-state index in [-0.39, 0.29) is 0 Å². The van der Waals surface area contributed by atoms with Crippen molar-refractivity contribution in [2.45, 2.75) is 13.0 Å². The van der Waals surface area contributed by atoms with Crippen LogP contribution in [0.1, 0.15) is 39.3 Å². The molecule has 4 N–H and O–H groups in total. The molecule has 118 valence electrons. The highest BCUT2D eigenvalue weighted by Crippen LogP contribution is 2.48. The number of benzene rings is 1. The molecular formula is C14H14O8. The van der Waals surface area contributed by atoms with Crippen molar-refractivity contribution in [3.63, 3.8) is 0 Å². The van der Waals surface area contributed by atoms with Crippen LogP contribution < -0.4 is 0 Å². The molecule has 1 aliphatic rings. The molecule has 0 fully saturated rings. The molecule has 8 heteroatoms. The molecule has 8 nitrogen and oxygen atoms in total. The second-order valence-electron chi connectivity index (χ2n) is 4.61. The van der Waals surface area contributed by atoms with Gasteiger partial charge in [-0.2, -0.15) is 0 Å². The van der Waals surface area contributed by atoms with Crippen molar-refractivity contribution >= 4 is 11.6 Å². The smallest absolute Gasteiger partial charge is 0.236 e. The van der Waals surface area contributed by atoms with Crippen molar-refractivity contribution in [1.29, 1.82) is 0 Å². The Morgan fingerprint density at radius 3 is 1.59 bits per heavy atom. The molecule has 0 spiro atoms. The maximum atomic E-state index is 12.4. The predicted molar refractivity (Wildman–Crippen MR) is 71.8 cm³/mol. The Bertz CT molecular complexity index is 714. The molecule has 1 aliphatic carbocycles. The lowest BCUT2D eigenvalue weighted by Crippen LogP contribution is -2.25. The fraction of sp³-hybridized carbons (Fsp3) is 0.286. The molecule has 0 amide bonds. The fourth-order valence-corrected chi connectivity index (χ4v) is 2.37. The van der Waals surface area contributed by atoms with Crippen LogP contribution in [0.25, 0.3) is 0 Å². The molecule has 2 rings (SSSR count). The van der Waals surface area contributed by atoms with Crippen molar-refractivity contribution in [2.24, 2.45) is 0 Å². The summed E-state index contributed by atoms with van der Waals surface area (Å²) in [7, 11) is 2.27. The first kappa shape index (κ1) is 15.6. The van der Waals surface area contributed by atoms with Gasteiger partial charge in [-0.05, 0) is 6.92 Å². The summed E-state index contributed by atoms with van der Waals surface area (Å²) in [6.45, 7) is 1.21. The van der Waals surface area contributed by atoms with Gasteiger partial charge in [-0.3, -0.25) is 9.59 Å². The lowest BCUT2D eigenvalue weighted by atomic mass is 9.87. The van der Waals surface area contributed by atoms with Crippen LogP contribution in [0.5, 0.6) is 17.2 Å². The van der Waals surface area contributed by atoms with E-state index in [1.807, 2.05) is 0 Å². The molecule has 22 heavy (non-hydrogen) atoms. The number of ether oxygens (including phenoxy) is 2. The Morgan fingerprint density at radius 2 is 1.23 bits per heavy atom. The number of phenolic OH excluding ortho intramolecular Hbond substituents is 3. The first-order valence-corrected chi connectivity index (χ1v) is 6.18. The van der Waals surface area contributed by atoms with Crippen molar-refractivity contribution in [1.82, 2.24) is 0 Å². The van der Waals surface area contributed by atoms with E-state index in [2.05, 4.69) is 0 Å². The molecule has 0 heterocycles. The van der Waals surface area contributed by atoms with Gasteiger partial charge in [-0.1, -0.05) is 0 Å². The van der Waals surface area contributed by atoms with E-state index in [1.54, 1.807) is 0 Å². The van der Waals surface area contributed by atoms with E-state index >= 15 is 0 Å². The van der Waals surface area contributed by atoms with Crippen molar-refractivity contribution < 1.29 is 39.5 Å². The second-order valence-corrected chi connectivity index (χ2v) is 4.61. The summed E-state index contributed by atoms with van der Waals surface area (Å²) in [5.41, 5.74) is -1.63. The number of aliphatic hydroxyl groups excluding tert-OH is 1. The van der Waals surface area contributed by atoms with Crippen LogP contribution >= 0.6 is 0 Å². The van der Waals surface area contributed by atoms with Crippen molar-refractivity contribution in [2.75, 3.05) is 14.2 Å². The van der Waals surface area contributed by atoms with Crippen LogP contribution in [-0.2, 0) is 9.47 Å². The number of hydrogen-bond acceptors (Lipinski definition) is 8. The summed E-state index contributed by atoms with van der Waals surface area (Å²) < 4.78 is 9.63. The van der Waals surface area contributed by atoms with Crippen LogP contribution in [0.4, 0.5) is 0 Å². The molecule has 0 saturated carbocycles. The fourth-order valence-electron chi connectivity index (χ4n) is 2.37. The zero-order valence-corrected chi connectivity index (χ0v) is 12.0. The van der Waals surface area contributed by atoms with Gasteiger partial charge in [0.25, 0.3) is 0 Å². The van der Waals surface area contributed by atoms with Crippen LogP contribution in [0.15, 0.2) is 11.5 Å². The summed E-state index contributed by atoms with van der Waals surface area (Å²) in [5.74, 6) is -5.37. The van der Waals surface area contributed by atoms with E-state index in [4.69, 9.17) is 9.47 Å². The summed E-state index contributed by atoms with van der Waals surface area (Å²) in [4.78, 5) is 24.7. The third kappa shape index (κ3) is 1.88. The standard InChI is InChI=1S/C14H14O8/c1-4(15)5-8(16)6-7(10(18)9(5)17)12(20)14(22-3)13(21-2)11(6)19/h4,15-18H,1-3H3. The average molecular weight is 310 g/mol. The molecule has 0 aliphatic heterocycles. The molecular weight excluding hydrogens is 296 g/mol. The Labute approximate surface area is 124 Å². The molecule has 0 aromatic heterocycles. The predicted octanol–water partition coefficient (Wildman–Crippen LogP) is 0.740. The van der Waals surface area contributed by atoms with Crippen LogP contribution in [-0.4, -0.2) is 46.2 Å².